The summed E-state index contributed by atoms with van der Waals surface area (Å²) in [6.45, 7) is 7.12. The number of amides is 1. The van der Waals surface area contributed by atoms with E-state index in [9.17, 15) is 4.79 Å². The summed E-state index contributed by atoms with van der Waals surface area (Å²) in [4.78, 5) is 14.8. The number of aromatic nitrogens is 4. The van der Waals surface area contributed by atoms with E-state index in [1.54, 1.807) is 6.07 Å². The van der Waals surface area contributed by atoms with Gasteiger partial charge in [-0.1, -0.05) is 0 Å². The zero-order valence-corrected chi connectivity index (χ0v) is 15.7. The minimum absolute atomic E-state index is 0.0854. The van der Waals surface area contributed by atoms with Gasteiger partial charge >= 0.3 is 0 Å². The number of aryl methyl sites for hydroxylation is 1. The molecule has 1 atom stereocenters. The van der Waals surface area contributed by atoms with E-state index in [0.717, 1.165) is 57.7 Å². The van der Waals surface area contributed by atoms with E-state index in [1.807, 2.05) is 0 Å². The van der Waals surface area contributed by atoms with Crippen LogP contribution in [-0.2, 0) is 30.9 Å². The molecule has 1 amide bonds. The summed E-state index contributed by atoms with van der Waals surface area (Å²) in [5.41, 5.74) is 4.26. The first-order valence-corrected chi connectivity index (χ1v) is 9.69. The van der Waals surface area contributed by atoms with Crippen LogP contribution in [0.25, 0.3) is 0 Å². The molecule has 0 spiro atoms. The normalized spacial score (nSPS) is 20.3. The topological polar surface area (TPSA) is 85.2 Å². The number of piperidine rings is 1. The lowest BCUT2D eigenvalue weighted by atomic mass is 10.0. The Morgan fingerprint density at radius 1 is 1.41 bits per heavy atom. The molecule has 1 N–H and O–H groups in total. The van der Waals surface area contributed by atoms with Gasteiger partial charge in [0.1, 0.15) is 0 Å². The summed E-state index contributed by atoms with van der Waals surface area (Å²) in [7, 11) is 0. The molecule has 8 nitrogen and oxygen atoms in total. The molecule has 8 heteroatoms. The minimum Gasteiger partial charge on any atom is -0.376 e. The second-order valence-corrected chi connectivity index (χ2v) is 7.17. The van der Waals surface area contributed by atoms with Crippen LogP contribution in [0, 0.1) is 0 Å². The van der Waals surface area contributed by atoms with Crippen LogP contribution in [0.15, 0.2) is 18.5 Å². The third kappa shape index (κ3) is 4.01. The third-order valence-electron chi connectivity index (χ3n) is 5.34. The first kappa shape index (κ1) is 18.1. The molecule has 1 unspecified atom stereocenters. The highest BCUT2D eigenvalue weighted by atomic mass is 16.5. The molecule has 2 aliphatic heterocycles. The molecule has 1 fully saturated rings. The van der Waals surface area contributed by atoms with Crippen molar-refractivity contribution in [2.24, 2.45) is 0 Å². The molecule has 0 radical (unpaired) electrons. The summed E-state index contributed by atoms with van der Waals surface area (Å²) in [6, 6.07) is 1.83. The molecular formula is C19H26N6O2. The molecular weight excluding hydrogens is 344 g/mol. The third-order valence-corrected chi connectivity index (χ3v) is 5.34. The Morgan fingerprint density at radius 3 is 3.15 bits per heavy atom. The molecule has 4 heterocycles. The maximum absolute atomic E-state index is 12.4. The first-order valence-electron chi connectivity index (χ1n) is 9.69. The standard InChI is InChI=1S/C19H26N6O2/c1-2-25-18-6-9-27-13-16(18)17(23-25)12-24-8-3-4-15(11-24)22-19(26)14-5-7-20-21-10-14/h5,7,10,15H,2-4,6,8-9,11-13H2,1H3,(H,22,26). The fourth-order valence-electron chi connectivity index (χ4n) is 3.99. The Bertz CT molecular complexity index is 791. The molecule has 0 saturated carbocycles. The predicted molar refractivity (Wildman–Crippen MR) is 99.1 cm³/mol. The highest BCUT2D eigenvalue weighted by Gasteiger charge is 2.26. The lowest BCUT2D eigenvalue weighted by Crippen LogP contribution is -2.47. The van der Waals surface area contributed by atoms with Crippen molar-refractivity contribution < 1.29 is 9.53 Å². The van der Waals surface area contributed by atoms with E-state index in [4.69, 9.17) is 9.84 Å². The Kier molecular flexibility index (Phi) is 5.45. The number of carbonyl (C=O) groups excluding carboxylic acids is 1. The quantitative estimate of drug-likeness (QED) is 0.850. The molecule has 2 aliphatic rings. The second kappa shape index (κ2) is 8.14. The van der Waals surface area contributed by atoms with Crippen LogP contribution in [0.2, 0.25) is 0 Å². The Hall–Kier alpha value is -2.32. The Balaban J connectivity index is 1.40. The molecule has 0 aliphatic carbocycles. The van der Waals surface area contributed by atoms with Crippen molar-refractivity contribution in [2.45, 2.75) is 51.9 Å². The average Bonchev–Trinajstić information content (AvgIpc) is 3.07. The zero-order valence-electron chi connectivity index (χ0n) is 15.7. The smallest absolute Gasteiger partial charge is 0.253 e. The van der Waals surface area contributed by atoms with Gasteiger partial charge in [0, 0.05) is 43.4 Å². The van der Waals surface area contributed by atoms with Crippen LogP contribution in [0.1, 0.15) is 47.1 Å². The second-order valence-electron chi connectivity index (χ2n) is 7.17. The van der Waals surface area contributed by atoms with Crippen LogP contribution in [-0.4, -0.2) is 56.5 Å². The van der Waals surface area contributed by atoms with Gasteiger partial charge in [0.15, 0.2) is 0 Å². The van der Waals surface area contributed by atoms with Gasteiger partial charge < -0.3 is 10.1 Å². The number of nitrogens with one attached hydrogen (secondary N) is 1. The van der Waals surface area contributed by atoms with Crippen molar-refractivity contribution in [3.8, 4) is 0 Å². The van der Waals surface area contributed by atoms with Crippen molar-refractivity contribution in [1.82, 2.24) is 30.2 Å². The largest absolute Gasteiger partial charge is 0.376 e. The van der Waals surface area contributed by atoms with E-state index < -0.39 is 0 Å². The Morgan fingerprint density at radius 2 is 2.33 bits per heavy atom. The lowest BCUT2D eigenvalue weighted by molar-refractivity contribution is 0.0897. The maximum atomic E-state index is 12.4. The molecule has 0 bridgehead atoms. The minimum atomic E-state index is -0.0854. The van der Waals surface area contributed by atoms with Crippen LogP contribution >= 0.6 is 0 Å². The van der Waals surface area contributed by atoms with Gasteiger partial charge in [-0.25, -0.2) is 0 Å². The summed E-state index contributed by atoms with van der Waals surface area (Å²) in [5.74, 6) is -0.0854. The molecule has 27 heavy (non-hydrogen) atoms. The van der Waals surface area contributed by atoms with Gasteiger partial charge in [0.25, 0.3) is 5.91 Å². The van der Waals surface area contributed by atoms with Crippen molar-refractivity contribution >= 4 is 5.91 Å². The fraction of sp³-hybridized carbons (Fsp3) is 0.579. The number of hydrogen-bond acceptors (Lipinski definition) is 6. The molecule has 1 saturated heterocycles. The first-order chi connectivity index (χ1) is 13.2. The summed E-state index contributed by atoms with van der Waals surface area (Å²) < 4.78 is 7.78. The monoisotopic (exact) mass is 370 g/mol. The van der Waals surface area contributed by atoms with Gasteiger partial charge in [0.2, 0.25) is 0 Å². The average molecular weight is 370 g/mol. The van der Waals surface area contributed by atoms with E-state index in [2.05, 4.69) is 32.0 Å². The summed E-state index contributed by atoms with van der Waals surface area (Å²) >= 11 is 0. The zero-order chi connectivity index (χ0) is 18.6. The van der Waals surface area contributed by atoms with E-state index in [0.29, 0.717) is 12.2 Å². The number of rotatable bonds is 5. The van der Waals surface area contributed by atoms with Crippen molar-refractivity contribution in [3.05, 3.63) is 41.0 Å². The highest BCUT2D eigenvalue weighted by molar-refractivity contribution is 5.93. The predicted octanol–water partition coefficient (Wildman–Crippen LogP) is 1.16. The van der Waals surface area contributed by atoms with Gasteiger partial charge in [-0.15, -0.1) is 0 Å². The molecule has 0 aromatic carbocycles. The lowest BCUT2D eigenvalue weighted by Gasteiger charge is -2.33. The van der Waals surface area contributed by atoms with E-state index in [-0.39, 0.29) is 11.9 Å². The van der Waals surface area contributed by atoms with Crippen molar-refractivity contribution in [1.29, 1.82) is 0 Å². The summed E-state index contributed by atoms with van der Waals surface area (Å²) in [6.07, 6.45) is 6.03. The number of fused-ring (bicyclic) bond motifs is 1. The van der Waals surface area contributed by atoms with Crippen LogP contribution < -0.4 is 5.32 Å². The maximum Gasteiger partial charge on any atom is 0.253 e. The summed E-state index contributed by atoms with van der Waals surface area (Å²) in [5, 5.41) is 15.5. The molecule has 2 aromatic heterocycles. The van der Waals surface area contributed by atoms with Crippen LogP contribution in [0.5, 0.6) is 0 Å². The molecule has 144 valence electrons. The number of nitrogens with zero attached hydrogens (tertiary/aromatic N) is 5. The number of likely N-dealkylation sites (tertiary alicyclic amines) is 1. The van der Waals surface area contributed by atoms with E-state index >= 15 is 0 Å². The van der Waals surface area contributed by atoms with Gasteiger partial charge in [-0.2, -0.15) is 15.3 Å². The van der Waals surface area contributed by atoms with Crippen LogP contribution in [0.4, 0.5) is 0 Å². The van der Waals surface area contributed by atoms with Gasteiger partial charge in [-0.3, -0.25) is 14.4 Å². The highest BCUT2D eigenvalue weighted by Crippen LogP contribution is 2.23. The SMILES string of the molecule is CCn1nc(CN2CCCC(NC(=O)c3ccnnc3)C2)c2c1CCOC2. The number of carbonyl (C=O) groups is 1. The van der Waals surface area contributed by atoms with E-state index in [1.165, 1.54) is 23.7 Å². The molecule has 4 rings (SSSR count). The fourth-order valence-corrected chi connectivity index (χ4v) is 3.99. The van der Waals surface area contributed by atoms with Crippen LogP contribution in [0.3, 0.4) is 0 Å². The Labute approximate surface area is 158 Å². The van der Waals surface area contributed by atoms with Crippen molar-refractivity contribution in [3.63, 3.8) is 0 Å². The number of hydrogen-bond donors (Lipinski definition) is 1. The van der Waals surface area contributed by atoms with Gasteiger partial charge in [0.05, 0.1) is 36.9 Å². The molecule has 2 aromatic rings. The number of ether oxygens (including phenoxy) is 1. The van der Waals surface area contributed by atoms with Gasteiger partial charge in [-0.05, 0) is 32.4 Å². The van der Waals surface area contributed by atoms with Crippen molar-refractivity contribution in [2.75, 3.05) is 19.7 Å².